The van der Waals surface area contributed by atoms with E-state index < -0.39 is 99.4 Å². The highest BCUT2D eigenvalue weighted by atomic mass is 35.6. The van der Waals surface area contributed by atoms with Crippen LogP contribution in [0.25, 0.3) is 0 Å². The average molecular weight is 1850 g/mol. The van der Waals surface area contributed by atoms with Crippen LogP contribution in [0.15, 0.2) is 170 Å². The lowest BCUT2D eigenvalue weighted by Crippen LogP contribution is -2.32. The molecule has 108 heavy (non-hydrogen) atoms. The van der Waals surface area contributed by atoms with E-state index in [9.17, 15) is 28.8 Å². The standard InChI is InChI=1S/C72H60Cl18O18/c73-29-55(35-97-49-17-5-41(6-18-49)61(43-9-21-51(22-10-43)99-37-57(31-75)105-65(93)69(79,80)81)44-11-23-52(24-12-44)100-38-58(32-76)106-66(94)70(82,83)84)103-63(91)47-1-2-48(4-3-47)64(92)104-56(30-74)36-98-50-19-7-42(8-20-50)62(45-13-25-53(26-14-45)101-39-59(33-77)107-67(95)71(85,86)87)46-15-27-54(28-16-46)102-40-60(34-78)108-68(96)72(88,89)90/h1-28,55-62H,29-40H2. The van der Waals surface area contributed by atoms with Gasteiger partial charge in [-0.1, -0.05) is 212 Å². The van der Waals surface area contributed by atoms with E-state index in [0.717, 1.165) is 33.4 Å². The van der Waals surface area contributed by atoms with Crippen molar-refractivity contribution in [3.8, 4) is 34.5 Å². The molecule has 0 N–H and O–H groups in total. The molecular weight excluding hydrogens is 1790 g/mol. The van der Waals surface area contributed by atoms with E-state index in [1.54, 1.807) is 72.8 Å². The molecule has 7 aromatic rings. The SMILES string of the molecule is O=C(OC(CCl)COc1ccc(C(c2ccc(OCC(CCl)OC(=O)C(Cl)(Cl)Cl)cc2)c2ccc(OCC(CCl)OC(=O)C(Cl)(Cl)Cl)cc2)cc1)c1ccc(C(=O)OC(CCl)COc2ccc(C(c3ccc(OCC(CCl)OC(=O)C(Cl)(Cl)Cl)cc3)c3ccc(OCC(CCl)OC(=O)C(Cl)(Cl)Cl)cc3)cc2)cc1. The summed E-state index contributed by atoms with van der Waals surface area (Å²) >= 11 is 105. The van der Waals surface area contributed by atoms with Gasteiger partial charge in [0.05, 0.1) is 46.4 Å². The van der Waals surface area contributed by atoms with Crippen LogP contribution < -0.4 is 28.4 Å². The fraction of sp³-hybridized carbons (Fsp3) is 0.333. The Kier molecular flexibility index (Phi) is 36.6. The lowest BCUT2D eigenvalue weighted by molar-refractivity contribution is -0.149. The summed E-state index contributed by atoms with van der Waals surface area (Å²) in [7, 11) is 0. The third-order valence-electron chi connectivity index (χ3n) is 14.9. The first kappa shape index (κ1) is 90.6. The number of halogens is 18. The maximum atomic E-state index is 13.5. The molecule has 36 heteroatoms. The zero-order valence-corrected chi connectivity index (χ0v) is 69.0. The van der Waals surface area contributed by atoms with Gasteiger partial charge in [0.15, 0.2) is 0 Å². The van der Waals surface area contributed by atoms with Crippen molar-refractivity contribution in [3.63, 3.8) is 0 Å². The summed E-state index contributed by atoms with van der Waals surface area (Å²) in [5.74, 6) is -5.04. The van der Waals surface area contributed by atoms with Crippen molar-refractivity contribution >= 4 is 245 Å². The molecule has 6 unspecified atom stereocenters. The molecule has 0 heterocycles. The van der Waals surface area contributed by atoms with Gasteiger partial charge in [-0.2, -0.15) is 0 Å². The highest BCUT2D eigenvalue weighted by Gasteiger charge is 2.38. The molecule has 0 saturated heterocycles. The van der Waals surface area contributed by atoms with Crippen LogP contribution in [0.4, 0.5) is 0 Å². The molecule has 0 aliphatic heterocycles. The third kappa shape index (κ3) is 29.1. The molecule has 0 spiro atoms. The maximum Gasteiger partial charge on any atom is 0.358 e. The summed E-state index contributed by atoms with van der Waals surface area (Å²) in [6.07, 6.45) is -5.56. The second-order valence-electron chi connectivity index (χ2n) is 22.8. The van der Waals surface area contributed by atoms with Gasteiger partial charge in [0.2, 0.25) is 0 Å². The second kappa shape index (κ2) is 43.6. The minimum absolute atomic E-state index is 0.107. The zero-order chi connectivity index (χ0) is 78.9. The van der Waals surface area contributed by atoms with Gasteiger partial charge in [-0.15, -0.1) is 69.6 Å². The maximum absolute atomic E-state index is 13.5. The zero-order valence-electron chi connectivity index (χ0n) is 55.4. The number of alkyl halides is 18. The number of ether oxygens (including phenoxy) is 12. The molecule has 0 bridgehead atoms. The van der Waals surface area contributed by atoms with E-state index in [1.807, 2.05) is 72.8 Å². The van der Waals surface area contributed by atoms with E-state index in [1.165, 1.54) is 24.3 Å². The van der Waals surface area contributed by atoms with Crippen molar-refractivity contribution in [3.05, 3.63) is 214 Å². The Balaban J connectivity index is 0.958. The van der Waals surface area contributed by atoms with Crippen LogP contribution in [0.2, 0.25) is 0 Å². The monoisotopic (exact) mass is 1840 g/mol. The molecule has 0 saturated carbocycles. The Labute approximate surface area is 711 Å². The normalized spacial score (nSPS) is 14.0. The molecule has 0 amide bonds. The lowest BCUT2D eigenvalue weighted by atomic mass is 9.85. The fourth-order valence-electron chi connectivity index (χ4n) is 9.54. The van der Waals surface area contributed by atoms with Gasteiger partial charge in [-0.05, 0) is 130 Å². The van der Waals surface area contributed by atoms with Gasteiger partial charge in [-0.25, -0.2) is 28.8 Å². The number of benzene rings is 7. The van der Waals surface area contributed by atoms with Crippen molar-refractivity contribution in [2.24, 2.45) is 0 Å². The van der Waals surface area contributed by atoms with Gasteiger partial charge in [0.1, 0.15) is 111 Å². The predicted octanol–water partition coefficient (Wildman–Crippen LogP) is 19.3. The second-order valence-corrected chi connectivity index (χ2v) is 33.8. The Morgan fingerprint density at radius 2 is 0.380 bits per heavy atom. The molecule has 0 fully saturated rings. The molecule has 18 nitrogen and oxygen atoms in total. The number of hydrogen-bond acceptors (Lipinski definition) is 18. The van der Waals surface area contributed by atoms with Crippen LogP contribution in [0.5, 0.6) is 34.5 Å². The minimum Gasteiger partial charge on any atom is -0.490 e. The quantitative estimate of drug-likeness (QED) is 0.0152. The predicted molar refractivity (Wildman–Crippen MR) is 423 cm³/mol. The molecule has 0 aliphatic carbocycles. The van der Waals surface area contributed by atoms with E-state index in [4.69, 9.17) is 266 Å². The molecule has 7 aromatic carbocycles. The fourth-order valence-corrected chi connectivity index (χ4v) is 11.0. The van der Waals surface area contributed by atoms with E-state index in [-0.39, 0.29) is 86.0 Å². The Morgan fingerprint density at radius 3 is 0.519 bits per heavy atom. The summed E-state index contributed by atoms with van der Waals surface area (Å²) in [6, 6.07) is 48.5. The third-order valence-corrected chi connectivity index (χ3v) is 18.8. The molecule has 7 rings (SSSR count). The average Bonchev–Trinajstić information content (AvgIpc) is 0.807. The first-order valence-electron chi connectivity index (χ1n) is 31.6. The van der Waals surface area contributed by atoms with Gasteiger partial charge in [-0.3, -0.25) is 0 Å². The largest absolute Gasteiger partial charge is 0.490 e. The van der Waals surface area contributed by atoms with Crippen molar-refractivity contribution in [2.45, 2.75) is 63.6 Å². The molecule has 6 atom stereocenters. The van der Waals surface area contributed by atoms with Crippen LogP contribution in [0, 0.1) is 0 Å². The number of carbonyl (C=O) groups is 6. The minimum atomic E-state index is -2.31. The Bertz CT molecular complexity index is 3590. The first-order valence-corrected chi connectivity index (χ1v) is 39.3. The summed E-state index contributed by atoms with van der Waals surface area (Å²) in [5.41, 5.74) is 5.12. The van der Waals surface area contributed by atoms with Gasteiger partial charge in [0.25, 0.3) is 15.2 Å². The number of rotatable bonds is 38. The van der Waals surface area contributed by atoms with Crippen LogP contribution in [-0.4, -0.2) is 163 Å². The Morgan fingerprint density at radius 1 is 0.231 bits per heavy atom. The Hall–Kier alpha value is -4.62. The van der Waals surface area contributed by atoms with Gasteiger partial charge < -0.3 is 56.8 Å². The highest BCUT2D eigenvalue weighted by molar-refractivity contribution is 6.77. The van der Waals surface area contributed by atoms with Crippen molar-refractivity contribution in [1.82, 2.24) is 0 Å². The number of esters is 6. The molecule has 0 aliphatic rings. The van der Waals surface area contributed by atoms with Gasteiger partial charge in [0, 0.05) is 11.8 Å². The van der Waals surface area contributed by atoms with Crippen LogP contribution in [0.1, 0.15) is 65.9 Å². The molecule has 582 valence electrons. The topological polar surface area (TPSA) is 213 Å². The van der Waals surface area contributed by atoms with Crippen LogP contribution >= 0.6 is 209 Å². The van der Waals surface area contributed by atoms with E-state index >= 15 is 0 Å². The lowest BCUT2D eigenvalue weighted by Gasteiger charge is -2.22. The number of carbonyl (C=O) groups excluding carboxylic acids is 6. The summed E-state index contributed by atoms with van der Waals surface area (Å²) in [4.78, 5) is 75.6. The smallest absolute Gasteiger partial charge is 0.358 e. The van der Waals surface area contributed by atoms with Crippen molar-refractivity contribution in [1.29, 1.82) is 0 Å². The summed E-state index contributed by atoms with van der Waals surface area (Å²) in [5, 5.41) is 0. The van der Waals surface area contributed by atoms with Crippen molar-refractivity contribution < 1.29 is 85.6 Å². The van der Waals surface area contributed by atoms with Crippen LogP contribution in [0.3, 0.4) is 0 Å². The number of hydrogen-bond donors (Lipinski definition) is 0. The summed E-state index contributed by atoms with van der Waals surface area (Å²) in [6.45, 7) is -0.850. The van der Waals surface area contributed by atoms with Crippen LogP contribution in [-0.2, 0) is 47.6 Å². The van der Waals surface area contributed by atoms with E-state index in [0.29, 0.717) is 34.5 Å². The highest BCUT2D eigenvalue weighted by Crippen LogP contribution is 2.39. The first-order chi connectivity index (χ1) is 51.2. The molecule has 0 radical (unpaired) electrons. The van der Waals surface area contributed by atoms with E-state index in [2.05, 4.69) is 0 Å². The molecular formula is C72H60Cl18O18. The summed E-state index contributed by atoms with van der Waals surface area (Å²) < 4.78 is 58.6. The van der Waals surface area contributed by atoms with Gasteiger partial charge >= 0.3 is 35.8 Å². The van der Waals surface area contributed by atoms with Crippen molar-refractivity contribution in [2.75, 3.05) is 74.9 Å². The molecule has 0 aromatic heterocycles.